The van der Waals surface area contributed by atoms with E-state index in [4.69, 9.17) is 10.5 Å². The molecule has 1 aliphatic rings. The van der Waals surface area contributed by atoms with Crippen molar-refractivity contribution in [1.82, 2.24) is 4.90 Å². The first-order valence-corrected chi connectivity index (χ1v) is 6.78. The minimum absolute atomic E-state index is 0. The molecular formula is C13H18BrClN2O2. The van der Waals surface area contributed by atoms with Gasteiger partial charge in [-0.2, -0.15) is 0 Å². The molecule has 0 aromatic heterocycles. The van der Waals surface area contributed by atoms with Crippen molar-refractivity contribution in [1.29, 1.82) is 0 Å². The number of methoxy groups -OCH3 is 1. The van der Waals surface area contributed by atoms with E-state index in [9.17, 15) is 4.79 Å². The second-order valence-corrected chi connectivity index (χ2v) is 5.37. The number of nitrogens with two attached hydrogens (primary N) is 1. The van der Waals surface area contributed by atoms with Crippen molar-refractivity contribution < 1.29 is 9.53 Å². The Labute approximate surface area is 127 Å². The average molecular weight is 350 g/mol. The molecular weight excluding hydrogens is 332 g/mol. The summed E-state index contributed by atoms with van der Waals surface area (Å²) < 4.78 is 6.18. The van der Waals surface area contributed by atoms with Gasteiger partial charge in [0.1, 0.15) is 0 Å². The molecule has 0 saturated carbocycles. The molecule has 1 saturated heterocycles. The molecule has 0 radical (unpaired) electrons. The first-order valence-electron chi connectivity index (χ1n) is 5.99. The minimum Gasteiger partial charge on any atom is -0.398 e. The highest BCUT2D eigenvalue weighted by Gasteiger charge is 2.24. The van der Waals surface area contributed by atoms with Gasteiger partial charge in [0.15, 0.2) is 0 Å². The molecule has 0 spiro atoms. The van der Waals surface area contributed by atoms with Gasteiger partial charge in [0.2, 0.25) is 0 Å². The van der Waals surface area contributed by atoms with Crippen molar-refractivity contribution in [3.05, 3.63) is 28.2 Å². The lowest BCUT2D eigenvalue weighted by Crippen LogP contribution is -2.40. The molecule has 0 bridgehead atoms. The normalized spacial score (nSPS) is 16.0. The number of nitrogens with zero attached hydrogens (tertiary/aromatic N) is 1. The van der Waals surface area contributed by atoms with Gasteiger partial charge < -0.3 is 15.4 Å². The fraction of sp³-hybridized carbons (Fsp3) is 0.462. The third-order valence-electron chi connectivity index (χ3n) is 3.31. The van der Waals surface area contributed by atoms with E-state index in [-0.39, 0.29) is 24.4 Å². The average Bonchev–Trinajstić information content (AvgIpc) is 2.38. The van der Waals surface area contributed by atoms with Crippen molar-refractivity contribution in [2.45, 2.75) is 18.9 Å². The number of ether oxygens (including phenoxy) is 1. The van der Waals surface area contributed by atoms with Crippen LogP contribution in [0, 0.1) is 0 Å². The maximum Gasteiger partial charge on any atom is 0.255 e. The Bertz CT molecular complexity index is 448. The summed E-state index contributed by atoms with van der Waals surface area (Å²) in [6.07, 6.45) is 2.05. The number of nitrogen functional groups attached to an aromatic ring is 1. The van der Waals surface area contributed by atoms with Gasteiger partial charge in [0, 0.05) is 30.4 Å². The van der Waals surface area contributed by atoms with Gasteiger partial charge >= 0.3 is 0 Å². The quantitative estimate of drug-likeness (QED) is 0.835. The number of halogens is 2. The summed E-state index contributed by atoms with van der Waals surface area (Å²) in [7, 11) is 1.72. The van der Waals surface area contributed by atoms with Crippen LogP contribution < -0.4 is 5.73 Å². The fourth-order valence-corrected chi connectivity index (χ4v) is 2.57. The highest BCUT2D eigenvalue weighted by atomic mass is 79.9. The predicted molar refractivity (Wildman–Crippen MR) is 81.7 cm³/mol. The second kappa shape index (κ2) is 7.12. The van der Waals surface area contributed by atoms with E-state index in [1.807, 2.05) is 11.0 Å². The Kier molecular flexibility index (Phi) is 6.10. The summed E-state index contributed by atoms with van der Waals surface area (Å²) in [5.74, 6) is 0.00885. The molecule has 0 unspecified atom stereocenters. The van der Waals surface area contributed by atoms with Crippen LogP contribution in [0.15, 0.2) is 22.7 Å². The molecule has 0 atom stereocenters. The SMILES string of the molecule is COC1CCN(C(=O)c2ccc(Br)cc2N)CC1.Cl. The van der Waals surface area contributed by atoms with Crippen molar-refractivity contribution in [3.8, 4) is 0 Å². The standard InChI is InChI=1S/C13H17BrN2O2.ClH/c1-18-10-4-6-16(7-5-10)13(17)11-3-2-9(14)8-12(11)15;/h2-3,8,10H,4-7,15H2,1H3;1H. The van der Waals surface area contributed by atoms with Crippen LogP contribution in [-0.2, 0) is 4.74 Å². The number of hydrogen-bond acceptors (Lipinski definition) is 3. The number of carbonyl (C=O) groups excluding carboxylic acids is 1. The third-order valence-corrected chi connectivity index (χ3v) is 3.80. The summed E-state index contributed by atoms with van der Waals surface area (Å²) in [5, 5.41) is 0. The van der Waals surface area contributed by atoms with Crippen molar-refractivity contribution >= 4 is 39.9 Å². The Morgan fingerprint density at radius 3 is 2.58 bits per heavy atom. The van der Waals surface area contributed by atoms with Gasteiger partial charge in [0.05, 0.1) is 11.7 Å². The third kappa shape index (κ3) is 3.84. The van der Waals surface area contributed by atoms with Crippen LogP contribution in [0.5, 0.6) is 0 Å². The van der Waals surface area contributed by atoms with E-state index in [2.05, 4.69) is 15.9 Å². The largest absolute Gasteiger partial charge is 0.398 e. The van der Waals surface area contributed by atoms with E-state index in [0.717, 1.165) is 30.4 Å². The number of carbonyl (C=O) groups is 1. The van der Waals surface area contributed by atoms with Gasteiger partial charge in [-0.3, -0.25) is 4.79 Å². The molecule has 0 aliphatic carbocycles. The van der Waals surface area contributed by atoms with Crippen LogP contribution in [0.4, 0.5) is 5.69 Å². The molecule has 2 N–H and O–H groups in total. The van der Waals surface area contributed by atoms with Crippen LogP contribution in [0.3, 0.4) is 0 Å². The first-order chi connectivity index (χ1) is 8.61. The summed E-state index contributed by atoms with van der Waals surface area (Å²) in [6, 6.07) is 5.37. The molecule has 2 rings (SSSR count). The summed E-state index contributed by atoms with van der Waals surface area (Å²) in [6.45, 7) is 1.46. The molecule has 4 nitrogen and oxygen atoms in total. The van der Waals surface area contributed by atoms with E-state index in [1.165, 1.54) is 0 Å². The molecule has 1 aromatic rings. The van der Waals surface area contributed by atoms with E-state index >= 15 is 0 Å². The Morgan fingerprint density at radius 2 is 2.05 bits per heavy atom. The van der Waals surface area contributed by atoms with Crippen LogP contribution in [0.2, 0.25) is 0 Å². The van der Waals surface area contributed by atoms with Gasteiger partial charge in [-0.05, 0) is 31.0 Å². The first kappa shape index (κ1) is 16.3. The zero-order valence-corrected chi connectivity index (χ0v) is 13.2. The zero-order chi connectivity index (χ0) is 13.1. The monoisotopic (exact) mass is 348 g/mol. The molecule has 19 heavy (non-hydrogen) atoms. The summed E-state index contributed by atoms with van der Waals surface area (Å²) >= 11 is 3.34. The molecule has 1 amide bonds. The van der Waals surface area contributed by atoms with Crippen molar-refractivity contribution in [2.75, 3.05) is 25.9 Å². The van der Waals surface area contributed by atoms with Gasteiger partial charge in [-0.1, -0.05) is 15.9 Å². The Balaban J connectivity index is 0.00000180. The van der Waals surface area contributed by atoms with Gasteiger partial charge in [0.25, 0.3) is 5.91 Å². The minimum atomic E-state index is 0. The van der Waals surface area contributed by atoms with Gasteiger partial charge in [-0.15, -0.1) is 12.4 Å². The summed E-state index contributed by atoms with van der Waals surface area (Å²) in [4.78, 5) is 14.2. The summed E-state index contributed by atoms with van der Waals surface area (Å²) in [5.41, 5.74) is 6.97. The second-order valence-electron chi connectivity index (χ2n) is 4.46. The lowest BCUT2D eigenvalue weighted by atomic mass is 10.1. The maximum atomic E-state index is 12.3. The number of benzene rings is 1. The highest BCUT2D eigenvalue weighted by molar-refractivity contribution is 9.10. The van der Waals surface area contributed by atoms with Crippen LogP contribution in [-0.4, -0.2) is 37.1 Å². The highest BCUT2D eigenvalue weighted by Crippen LogP contribution is 2.22. The molecule has 6 heteroatoms. The van der Waals surface area contributed by atoms with E-state index in [1.54, 1.807) is 19.2 Å². The van der Waals surface area contributed by atoms with E-state index in [0.29, 0.717) is 11.3 Å². The molecule has 1 aromatic carbocycles. The van der Waals surface area contributed by atoms with E-state index < -0.39 is 0 Å². The topological polar surface area (TPSA) is 55.6 Å². The fourth-order valence-electron chi connectivity index (χ4n) is 2.19. The smallest absolute Gasteiger partial charge is 0.255 e. The maximum absolute atomic E-state index is 12.3. The van der Waals surface area contributed by atoms with Gasteiger partial charge in [-0.25, -0.2) is 0 Å². The number of likely N-dealkylation sites (tertiary alicyclic amines) is 1. The molecule has 1 fully saturated rings. The van der Waals surface area contributed by atoms with Crippen LogP contribution in [0.25, 0.3) is 0 Å². The number of hydrogen-bond donors (Lipinski definition) is 1. The molecule has 106 valence electrons. The number of amides is 1. The van der Waals surface area contributed by atoms with Crippen LogP contribution in [0.1, 0.15) is 23.2 Å². The lowest BCUT2D eigenvalue weighted by molar-refractivity contribution is 0.0351. The zero-order valence-electron chi connectivity index (χ0n) is 10.8. The van der Waals surface area contributed by atoms with Crippen molar-refractivity contribution in [3.63, 3.8) is 0 Å². The number of rotatable bonds is 2. The number of piperidine rings is 1. The van der Waals surface area contributed by atoms with Crippen LogP contribution >= 0.6 is 28.3 Å². The predicted octanol–water partition coefficient (Wildman–Crippen LogP) is 2.70. The Hall–Kier alpha value is -0.780. The lowest BCUT2D eigenvalue weighted by Gasteiger charge is -2.31. The Morgan fingerprint density at radius 1 is 1.42 bits per heavy atom. The molecule has 1 heterocycles. The molecule has 1 aliphatic heterocycles. The van der Waals surface area contributed by atoms with Crippen molar-refractivity contribution in [2.24, 2.45) is 0 Å². The number of anilines is 1.